The van der Waals surface area contributed by atoms with Crippen LogP contribution in [0.15, 0.2) is 30.7 Å². The molecule has 1 atom stereocenters. The predicted octanol–water partition coefficient (Wildman–Crippen LogP) is 3.50. The van der Waals surface area contributed by atoms with Crippen LogP contribution in [0.5, 0.6) is 0 Å². The van der Waals surface area contributed by atoms with E-state index in [0.717, 1.165) is 58.9 Å². The fraction of sp³-hybridized carbons (Fsp3) is 0.591. The summed E-state index contributed by atoms with van der Waals surface area (Å²) in [5.74, 6) is 0.649. The molecule has 0 amide bonds. The fourth-order valence-electron chi connectivity index (χ4n) is 4.42. The van der Waals surface area contributed by atoms with Gasteiger partial charge in [0, 0.05) is 45.7 Å². The van der Waals surface area contributed by atoms with Crippen molar-refractivity contribution in [2.24, 2.45) is 5.92 Å². The quantitative estimate of drug-likeness (QED) is 0.781. The maximum Gasteiger partial charge on any atom is 0.0952 e. The van der Waals surface area contributed by atoms with E-state index in [1.165, 1.54) is 22.4 Å². The third kappa shape index (κ3) is 4.78. The Morgan fingerprint density at radius 2 is 1.89 bits per heavy atom. The van der Waals surface area contributed by atoms with E-state index in [9.17, 15) is 0 Å². The van der Waals surface area contributed by atoms with Crippen molar-refractivity contribution in [2.45, 2.75) is 45.8 Å². The van der Waals surface area contributed by atoms with Gasteiger partial charge in [0.05, 0.1) is 24.7 Å². The van der Waals surface area contributed by atoms with E-state index in [0.29, 0.717) is 12.0 Å². The Kier molecular flexibility index (Phi) is 5.91. The van der Waals surface area contributed by atoms with E-state index < -0.39 is 0 Å². The lowest BCUT2D eigenvalue weighted by Crippen LogP contribution is -2.38. The van der Waals surface area contributed by atoms with Crippen molar-refractivity contribution >= 4 is 0 Å². The first-order valence-electron chi connectivity index (χ1n) is 10.1. The Morgan fingerprint density at radius 3 is 2.67 bits per heavy atom. The van der Waals surface area contributed by atoms with Crippen LogP contribution in [-0.2, 0) is 22.6 Å². The van der Waals surface area contributed by atoms with E-state index in [1.54, 1.807) is 0 Å². The van der Waals surface area contributed by atoms with Gasteiger partial charge in [-0.15, -0.1) is 0 Å². The SMILES string of the molecule is Cc1cc(C)cc(CN2Cc3cncn3C(COCC3CCOCC3)C2)c1. The second-order valence-corrected chi connectivity index (χ2v) is 8.20. The molecule has 146 valence electrons. The second kappa shape index (κ2) is 8.55. The molecule has 2 aliphatic heterocycles. The minimum atomic E-state index is 0.335. The minimum absolute atomic E-state index is 0.335. The van der Waals surface area contributed by atoms with Gasteiger partial charge >= 0.3 is 0 Å². The van der Waals surface area contributed by atoms with Crippen LogP contribution in [0, 0.1) is 19.8 Å². The molecule has 1 aromatic heterocycles. The highest BCUT2D eigenvalue weighted by Gasteiger charge is 2.25. The summed E-state index contributed by atoms with van der Waals surface area (Å²) in [6, 6.07) is 7.18. The number of rotatable bonds is 6. The van der Waals surface area contributed by atoms with Crippen LogP contribution in [0.4, 0.5) is 0 Å². The Morgan fingerprint density at radius 1 is 1.11 bits per heavy atom. The van der Waals surface area contributed by atoms with Gasteiger partial charge in [-0.25, -0.2) is 4.98 Å². The molecule has 4 rings (SSSR count). The lowest BCUT2D eigenvalue weighted by molar-refractivity contribution is 0.00518. The number of nitrogens with zero attached hydrogens (tertiary/aromatic N) is 3. The van der Waals surface area contributed by atoms with Gasteiger partial charge in [0.25, 0.3) is 0 Å². The van der Waals surface area contributed by atoms with Crippen LogP contribution in [0.3, 0.4) is 0 Å². The lowest BCUT2D eigenvalue weighted by Gasteiger charge is -2.35. The zero-order chi connectivity index (χ0) is 18.6. The molecule has 0 saturated carbocycles. The minimum Gasteiger partial charge on any atom is -0.381 e. The Bertz CT molecular complexity index is 732. The molecule has 5 heteroatoms. The molecule has 0 bridgehead atoms. The molecular weight excluding hydrogens is 338 g/mol. The van der Waals surface area contributed by atoms with E-state index in [2.05, 4.69) is 46.5 Å². The second-order valence-electron chi connectivity index (χ2n) is 8.20. The summed E-state index contributed by atoms with van der Waals surface area (Å²) < 4.78 is 13.9. The zero-order valence-corrected chi connectivity index (χ0v) is 16.6. The Labute approximate surface area is 162 Å². The van der Waals surface area contributed by atoms with Crippen molar-refractivity contribution < 1.29 is 9.47 Å². The molecule has 1 saturated heterocycles. The molecule has 1 fully saturated rings. The van der Waals surface area contributed by atoms with Gasteiger partial charge in [-0.05, 0) is 38.2 Å². The molecule has 3 heterocycles. The summed E-state index contributed by atoms with van der Waals surface area (Å²) >= 11 is 0. The van der Waals surface area contributed by atoms with Crippen molar-refractivity contribution in [3.63, 3.8) is 0 Å². The van der Waals surface area contributed by atoms with Crippen molar-refractivity contribution in [3.05, 3.63) is 53.1 Å². The van der Waals surface area contributed by atoms with Crippen LogP contribution in [0.25, 0.3) is 0 Å². The largest absolute Gasteiger partial charge is 0.381 e. The van der Waals surface area contributed by atoms with E-state index >= 15 is 0 Å². The van der Waals surface area contributed by atoms with E-state index in [4.69, 9.17) is 9.47 Å². The van der Waals surface area contributed by atoms with Crippen LogP contribution in [0.1, 0.15) is 41.3 Å². The van der Waals surface area contributed by atoms with Gasteiger partial charge in [0.15, 0.2) is 0 Å². The van der Waals surface area contributed by atoms with Crippen molar-refractivity contribution in [1.82, 2.24) is 14.5 Å². The third-order valence-corrected chi connectivity index (χ3v) is 5.69. The first kappa shape index (κ1) is 18.7. The molecule has 0 aliphatic carbocycles. The van der Waals surface area contributed by atoms with Gasteiger partial charge in [-0.2, -0.15) is 0 Å². The number of imidazole rings is 1. The predicted molar refractivity (Wildman–Crippen MR) is 106 cm³/mol. The van der Waals surface area contributed by atoms with E-state index in [-0.39, 0.29) is 0 Å². The number of fused-ring (bicyclic) bond motifs is 1. The van der Waals surface area contributed by atoms with Gasteiger partial charge in [0.2, 0.25) is 0 Å². The summed E-state index contributed by atoms with van der Waals surface area (Å²) in [5.41, 5.74) is 5.35. The molecule has 0 N–H and O–H groups in total. The first-order chi connectivity index (χ1) is 13.2. The Hall–Kier alpha value is -1.69. The maximum atomic E-state index is 6.14. The molecule has 1 unspecified atom stereocenters. The topological polar surface area (TPSA) is 39.5 Å². The molecule has 0 radical (unpaired) electrons. The molecule has 0 spiro atoms. The van der Waals surface area contributed by atoms with E-state index in [1.807, 2.05) is 12.5 Å². The zero-order valence-electron chi connectivity index (χ0n) is 16.6. The molecule has 27 heavy (non-hydrogen) atoms. The van der Waals surface area contributed by atoms with Gasteiger partial charge in [-0.3, -0.25) is 4.90 Å². The van der Waals surface area contributed by atoms with Gasteiger partial charge < -0.3 is 14.0 Å². The number of benzene rings is 1. The smallest absolute Gasteiger partial charge is 0.0952 e. The number of ether oxygens (including phenoxy) is 2. The monoisotopic (exact) mass is 369 g/mol. The van der Waals surface area contributed by atoms with Crippen LogP contribution in [0.2, 0.25) is 0 Å². The molecule has 2 aromatic rings. The number of hydrogen-bond acceptors (Lipinski definition) is 4. The first-order valence-corrected chi connectivity index (χ1v) is 10.1. The van der Waals surface area contributed by atoms with Crippen molar-refractivity contribution in [3.8, 4) is 0 Å². The van der Waals surface area contributed by atoms with Crippen LogP contribution >= 0.6 is 0 Å². The third-order valence-electron chi connectivity index (χ3n) is 5.69. The van der Waals surface area contributed by atoms with Crippen LogP contribution in [-0.4, -0.2) is 47.4 Å². The lowest BCUT2D eigenvalue weighted by atomic mass is 10.0. The summed E-state index contributed by atoms with van der Waals surface area (Å²) in [6.07, 6.45) is 6.21. The number of hydrogen-bond donors (Lipinski definition) is 0. The maximum absolute atomic E-state index is 6.14. The Balaban J connectivity index is 1.38. The fourth-order valence-corrected chi connectivity index (χ4v) is 4.42. The summed E-state index contributed by atoms with van der Waals surface area (Å²) in [5, 5.41) is 0. The summed E-state index contributed by atoms with van der Waals surface area (Å²) in [6.45, 7) is 10.6. The summed E-state index contributed by atoms with van der Waals surface area (Å²) in [4.78, 5) is 6.91. The molecule has 1 aromatic carbocycles. The number of aryl methyl sites for hydroxylation is 2. The summed E-state index contributed by atoms with van der Waals surface area (Å²) in [7, 11) is 0. The molecule has 5 nitrogen and oxygen atoms in total. The van der Waals surface area contributed by atoms with Gasteiger partial charge in [-0.1, -0.05) is 29.3 Å². The average molecular weight is 370 g/mol. The number of aromatic nitrogens is 2. The van der Waals surface area contributed by atoms with Crippen molar-refractivity contribution in [1.29, 1.82) is 0 Å². The highest BCUT2D eigenvalue weighted by Crippen LogP contribution is 2.24. The highest BCUT2D eigenvalue weighted by molar-refractivity contribution is 5.28. The van der Waals surface area contributed by atoms with Gasteiger partial charge in [0.1, 0.15) is 0 Å². The van der Waals surface area contributed by atoms with Crippen molar-refractivity contribution in [2.75, 3.05) is 33.0 Å². The average Bonchev–Trinajstić information content (AvgIpc) is 3.10. The normalized spacial score (nSPS) is 21.3. The molecular formula is C22H31N3O2. The standard InChI is InChI=1S/C22H31N3O2/c1-17-7-18(2)9-20(8-17)11-24-12-21-10-23-16-25(21)22(13-24)15-27-14-19-3-5-26-6-4-19/h7-10,16,19,22H,3-6,11-15H2,1-2H3. The molecule has 2 aliphatic rings. The van der Waals surface area contributed by atoms with Crippen LogP contribution < -0.4 is 0 Å². The highest BCUT2D eigenvalue weighted by atomic mass is 16.5.